The van der Waals surface area contributed by atoms with Crippen LogP contribution in [0.2, 0.25) is 0 Å². The summed E-state index contributed by atoms with van der Waals surface area (Å²) >= 11 is 4.66. The Morgan fingerprint density at radius 3 is 2.69 bits per heavy atom. The minimum Gasteiger partial charge on any atom is -0.326 e. The Morgan fingerprint density at radius 1 is 1.16 bits per heavy atom. The number of rotatable bonds is 5. The lowest BCUT2D eigenvalue weighted by atomic mass is 10.1. The lowest BCUT2D eigenvalue weighted by Gasteiger charge is -2.32. The van der Waals surface area contributed by atoms with Crippen LogP contribution in [0.25, 0.3) is 11.3 Å². The van der Waals surface area contributed by atoms with Crippen LogP contribution in [0, 0.1) is 0 Å². The monoisotopic (exact) mass is 484 g/mol. The predicted molar refractivity (Wildman–Crippen MR) is 129 cm³/mol. The molecule has 0 aliphatic carbocycles. The first-order valence-corrected chi connectivity index (χ1v) is 12.9. The van der Waals surface area contributed by atoms with Gasteiger partial charge in [0.15, 0.2) is 5.13 Å². The van der Waals surface area contributed by atoms with Crippen LogP contribution in [0.3, 0.4) is 0 Å². The van der Waals surface area contributed by atoms with Gasteiger partial charge in [0.25, 0.3) is 0 Å². The molecular formula is C22H20N4O3S3. The minimum atomic E-state index is -0.513. The molecule has 0 spiro atoms. The third kappa shape index (κ3) is 3.72. The maximum atomic E-state index is 13.1. The average molecular weight is 485 g/mol. The van der Waals surface area contributed by atoms with Gasteiger partial charge in [-0.2, -0.15) is 0 Å². The van der Waals surface area contributed by atoms with Gasteiger partial charge < -0.3 is 15.5 Å². The van der Waals surface area contributed by atoms with Gasteiger partial charge in [0, 0.05) is 40.6 Å². The van der Waals surface area contributed by atoms with E-state index in [1.165, 1.54) is 18.3 Å². The third-order valence-corrected chi connectivity index (χ3v) is 9.06. The van der Waals surface area contributed by atoms with Crippen molar-refractivity contribution >= 4 is 63.0 Å². The molecule has 2 N–H and O–H groups in total. The van der Waals surface area contributed by atoms with Crippen LogP contribution in [0.4, 0.5) is 10.8 Å². The number of amides is 3. The predicted octanol–water partition coefficient (Wildman–Crippen LogP) is 4.36. The van der Waals surface area contributed by atoms with E-state index in [2.05, 4.69) is 15.6 Å². The number of benzene rings is 1. The summed E-state index contributed by atoms with van der Waals surface area (Å²) < 4.78 is 0. The van der Waals surface area contributed by atoms with Gasteiger partial charge in [-0.25, -0.2) is 4.98 Å². The van der Waals surface area contributed by atoms with Crippen molar-refractivity contribution in [3.63, 3.8) is 0 Å². The Balaban J connectivity index is 1.30. The summed E-state index contributed by atoms with van der Waals surface area (Å²) in [5.41, 5.74) is 2.35. The smallest absolute Gasteiger partial charge is 0.249 e. The quantitative estimate of drug-likeness (QED) is 0.562. The number of anilines is 2. The standard InChI is InChI=1S/C22H20N4O3S3/c1-13(27)23-15-6-4-14(5-7-15)16-11-31-21(24-16)25-20(29)17-12-32-22(18-3-2-10-30-18)9-8-19(28)26(17)22/h2-7,10-11,17H,8-9,12H2,1H3,(H,23,27)(H,24,25,29)/t17-,22+/m1/s1. The summed E-state index contributed by atoms with van der Waals surface area (Å²) in [6.07, 6.45) is 1.20. The Labute approximate surface area is 197 Å². The molecule has 2 saturated heterocycles. The largest absolute Gasteiger partial charge is 0.326 e. The Morgan fingerprint density at radius 2 is 1.97 bits per heavy atom. The number of fused-ring (bicyclic) bond motifs is 1. The van der Waals surface area contributed by atoms with Crippen molar-refractivity contribution in [1.82, 2.24) is 9.88 Å². The summed E-state index contributed by atoms with van der Waals surface area (Å²) in [4.78, 5) is 44.0. The molecule has 0 bridgehead atoms. The molecule has 3 aromatic rings. The molecule has 2 aromatic heterocycles. The molecule has 0 saturated carbocycles. The number of thiazole rings is 1. The molecule has 164 valence electrons. The maximum Gasteiger partial charge on any atom is 0.249 e. The topological polar surface area (TPSA) is 91.4 Å². The van der Waals surface area contributed by atoms with E-state index in [9.17, 15) is 14.4 Å². The fraction of sp³-hybridized carbons (Fsp3) is 0.273. The van der Waals surface area contributed by atoms with Gasteiger partial charge in [-0.3, -0.25) is 14.4 Å². The molecule has 0 unspecified atom stereocenters. The van der Waals surface area contributed by atoms with Gasteiger partial charge in [-0.05, 0) is 30.0 Å². The molecule has 2 aliphatic heterocycles. The SMILES string of the molecule is CC(=O)Nc1ccc(-c2csc(NC(=O)[C@H]3CS[C@]4(c5cccs5)CCC(=O)N34)n2)cc1. The fourth-order valence-corrected chi connectivity index (χ4v) is 7.61. The van der Waals surface area contributed by atoms with Crippen molar-refractivity contribution in [3.8, 4) is 11.3 Å². The second-order valence-corrected chi connectivity index (χ2v) is 10.7. The molecule has 2 aliphatic rings. The molecular weight excluding hydrogens is 464 g/mol. The number of aromatic nitrogens is 1. The molecule has 7 nitrogen and oxygen atoms in total. The van der Waals surface area contributed by atoms with E-state index in [-0.39, 0.29) is 17.7 Å². The Bertz CT molecular complexity index is 1180. The first-order valence-electron chi connectivity index (χ1n) is 10.1. The number of nitrogens with one attached hydrogen (secondary N) is 2. The zero-order valence-corrected chi connectivity index (χ0v) is 19.6. The molecule has 2 fully saturated rings. The van der Waals surface area contributed by atoms with Crippen LogP contribution >= 0.6 is 34.4 Å². The first kappa shape index (κ1) is 21.2. The van der Waals surface area contributed by atoms with Crippen molar-refractivity contribution in [1.29, 1.82) is 0 Å². The molecule has 32 heavy (non-hydrogen) atoms. The van der Waals surface area contributed by atoms with Crippen molar-refractivity contribution < 1.29 is 14.4 Å². The minimum absolute atomic E-state index is 0.0302. The van der Waals surface area contributed by atoms with E-state index in [0.29, 0.717) is 23.0 Å². The van der Waals surface area contributed by atoms with Crippen LogP contribution in [0.5, 0.6) is 0 Å². The van der Waals surface area contributed by atoms with Gasteiger partial charge in [0.1, 0.15) is 10.9 Å². The normalized spacial score (nSPS) is 22.1. The number of carbonyl (C=O) groups is 3. The van der Waals surface area contributed by atoms with Crippen LogP contribution in [-0.4, -0.2) is 39.4 Å². The molecule has 10 heteroatoms. The van der Waals surface area contributed by atoms with Gasteiger partial charge >= 0.3 is 0 Å². The highest BCUT2D eigenvalue weighted by Crippen LogP contribution is 2.55. The van der Waals surface area contributed by atoms with Gasteiger partial charge in [-0.15, -0.1) is 34.4 Å². The van der Waals surface area contributed by atoms with E-state index in [4.69, 9.17) is 0 Å². The summed E-state index contributed by atoms with van der Waals surface area (Å²) in [5, 5.41) is 10.0. The summed E-state index contributed by atoms with van der Waals surface area (Å²) in [6, 6.07) is 10.9. The highest BCUT2D eigenvalue weighted by molar-refractivity contribution is 8.00. The lowest BCUT2D eigenvalue weighted by Crippen LogP contribution is -2.47. The molecule has 3 amide bonds. The van der Waals surface area contributed by atoms with E-state index in [1.54, 1.807) is 28.0 Å². The van der Waals surface area contributed by atoms with Crippen molar-refractivity contribution in [2.45, 2.75) is 30.7 Å². The second kappa shape index (κ2) is 8.34. The van der Waals surface area contributed by atoms with Crippen molar-refractivity contribution in [2.24, 2.45) is 0 Å². The fourth-order valence-electron chi connectivity index (χ4n) is 4.16. The van der Waals surface area contributed by atoms with E-state index >= 15 is 0 Å². The van der Waals surface area contributed by atoms with Crippen LogP contribution < -0.4 is 10.6 Å². The zero-order valence-electron chi connectivity index (χ0n) is 17.2. The average Bonchev–Trinajstić information content (AvgIpc) is 3.54. The van der Waals surface area contributed by atoms with Crippen molar-refractivity contribution in [2.75, 3.05) is 16.4 Å². The molecule has 0 radical (unpaired) electrons. The third-order valence-electron chi connectivity index (χ3n) is 5.57. The van der Waals surface area contributed by atoms with Crippen LogP contribution in [0.15, 0.2) is 47.2 Å². The number of carbonyl (C=O) groups excluding carboxylic acids is 3. The van der Waals surface area contributed by atoms with Crippen LogP contribution in [0.1, 0.15) is 24.6 Å². The molecule has 1 aromatic carbocycles. The molecule has 4 heterocycles. The van der Waals surface area contributed by atoms with Gasteiger partial charge in [-0.1, -0.05) is 18.2 Å². The Kier molecular flexibility index (Phi) is 5.52. The van der Waals surface area contributed by atoms with E-state index in [0.717, 1.165) is 22.6 Å². The summed E-state index contributed by atoms with van der Waals surface area (Å²) in [7, 11) is 0. The highest BCUT2D eigenvalue weighted by atomic mass is 32.2. The zero-order chi connectivity index (χ0) is 22.3. The number of thioether (sulfide) groups is 1. The van der Waals surface area contributed by atoms with E-state index in [1.807, 2.05) is 47.2 Å². The number of hydrogen-bond acceptors (Lipinski definition) is 7. The van der Waals surface area contributed by atoms with Gasteiger partial charge in [0.2, 0.25) is 17.7 Å². The lowest BCUT2D eigenvalue weighted by molar-refractivity contribution is -0.136. The van der Waals surface area contributed by atoms with Crippen LogP contribution in [-0.2, 0) is 19.3 Å². The first-order chi connectivity index (χ1) is 15.5. The number of nitrogens with zero attached hydrogens (tertiary/aromatic N) is 2. The number of thiophene rings is 1. The molecule has 5 rings (SSSR count). The summed E-state index contributed by atoms with van der Waals surface area (Å²) in [6.45, 7) is 1.46. The van der Waals surface area contributed by atoms with Gasteiger partial charge in [0.05, 0.1) is 5.69 Å². The Hall–Kier alpha value is -2.69. The second-order valence-electron chi connectivity index (χ2n) is 7.64. The summed E-state index contributed by atoms with van der Waals surface area (Å²) in [5.74, 6) is 0.273. The van der Waals surface area contributed by atoms with Crippen molar-refractivity contribution in [3.05, 3.63) is 52.0 Å². The highest BCUT2D eigenvalue weighted by Gasteiger charge is 2.57. The van der Waals surface area contributed by atoms with E-state index < -0.39 is 10.9 Å². The molecule has 2 atom stereocenters. The number of hydrogen-bond donors (Lipinski definition) is 2. The maximum absolute atomic E-state index is 13.1.